The number of nitrogens with one attached hydrogen (secondary N) is 1. The summed E-state index contributed by atoms with van der Waals surface area (Å²) < 4.78 is 26.6. The van der Waals surface area contributed by atoms with Crippen molar-refractivity contribution in [1.82, 2.24) is 9.29 Å². The standard InChI is InChI=1S/C20H21ClN4O2S2/c1-3-25(4-2)29(26,27)18-10-8-16(9-11-18)19-14-28-20(23-19)24-22-13-15-6-5-7-17(21)12-15/h5-14H,3-4H2,1-2H3,(H,23,24). The maximum atomic E-state index is 12.6. The van der Waals surface area contributed by atoms with Gasteiger partial charge in [-0.05, 0) is 29.8 Å². The summed E-state index contributed by atoms with van der Waals surface area (Å²) in [5, 5.41) is 7.36. The maximum absolute atomic E-state index is 12.6. The van der Waals surface area contributed by atoms with Crippen LogP contribution in [0.25, 0.3) is 11.3 Å². The minimum atomic E-state index is -3.46. The average molecular weight is 449 g/mol. The third-order valence-electron chi connectivity index (χ3n) is 4.22. The van der Waals surface area contributed by atoms with Crippen molar-refractivity contribution >= 4 is 44.3 Å². The number of halogens is 1. The van der Waals surface area contributed by atoms with Crippen LogP contribution in [0, 0.1) is 0 Å². The van der Waals surface area contributed by atoms with Gasteiger partial charge < -0.3 is 0 Å². The number of hydrogen-bond acceptors (Lipinski definition) is 6. The van der Waals surface area contributed by atoms with Gasteiger partial charge in [0.25, 0.3) is 0 Å². The van der Waals surface area contributed by atoms with Gasteiger partial charge in [0, 0.05) is 29.1 Å². The van der Waals surface area contributed by atoms with Gasteiger partial charge in [0.1, 0.15) is 0 Å². The molecule has 9 heteroatoms. The molecule has 0 unspecified atom stereocenters. The maximum Gasteiger partial charge on any atom is 0.243 e. The summed E-state index contributed by atoms with van der Waals surface area (Å²) in [7, 11) is -3.46. The number of anilines is 1. The SMILES string of the molecule is CCN(CC)S(=O)(=O)c1ccc(-c2csc(NN=Cc3cccc(Cl)c3)n2)cc1. The molecule has 29 heavy (non-hydrogen) atoms. The number of thiazole rings is 1. The summed E-state index contributed by atoms with van der Waals surface area (Å²) in [5.74, 6) is 0. The van der Waals surface area contributed by atoms with Gasteiger partial charge in [-0.15, -0.1) is 11.3 Å². The highest BCUT2D eigenvalue weighted by Gasteiger charge is 2.21. The van der Waals surface area contributed by atoms with E-state index in [1.807, 2.05) is 37.4 Å². The Hall–Kier alpha value is -2.26. The molecule has 0 saturated carbocycles. The minimum absolute atomic E-state index is 0.282. The van der Waals surface area contributed by atoms with Crippen LogP contribution < -0.4 is 5.43 Å². The van der Waals surface area contributed by atoms with Gasteiger partial charge in [-0.25, -0.2) is 13.4 Å². The Bertz CT molecular complexity index is 1090. The third-order valence-corrected chi connectivity index (χ3v) is 7.27. The molecule has 0 bridgehead atoms. The Balaban J connectivity index is 1.70. The zero-order valence-electron chi connectivity index (χ0n) is 16.0. The Kier molecular flexibility index (Phi) is 7.02. The van der Waals surface area contributed by atoms with Crippen LogP contribution in [0.15, 0.2) is 63.9 Å². The van der Waals surface area contributed by atoms with E-state index in [4.69, 9.17) is 11.6 Å². The van der Waals surface area contributed by atoms with Crippen molar-refractivity contribution < 1.29 is 8.42 Å². The first-order valence-corrected chi connectivity index (χ1v) is 11.7. The lowest BCUT2D eigenvalue weighted by atomic mass is 10.2. The zero-order chi connectivity index (χ0) is 20.9. The fourth-order valence-corrected chi connectivity index (χ4v) is 5.04. The van der Waals surface area contributed by atoms with Crippen LogP contribution in [-0.2, 0) is 10.0 Å². The number of nitrogens with zero attached hydrogens (tertiary/aromatic N) is 3. The van der Waals surface area contributed by atoms with Crippen molar-refractivity contribution in [2.24, 2.45) is 5.10 Å². The number of hydrazone groups is 1. The van der Waals surface area contributed by atoms with Crippen molar-refractivity contribution in [3.63, 3.8) is 0 Å². The third kappa shape index (κ3) is 5.22. The van der Waals surface area contributed by atoms with Crippen LogP contribution in [-0.4, -0.2) is 37.0 Å². The fourth-order valence-electron chi connectivity index (χ4n) is 2.72. The number of benzene rings is 2. The second-order valence-electron chi connectivity index (χ2n) is 6.08. The molecule has 1 heterocycles. The molecule has 0 fully saturated rings. The Labute approximate surface area is 179 Å². The second kappa shape index (κ2) is 9.49. The quantitative estimate of drug-likeness (QED) is 0.391. The van der Waals surface area contributed by atoms with Gasteiger partial charge in [-0.3, -0.25) is 5.43 Å². The average Bonchev–Trinajstić information content (AvgIpc) is 3.18. The van der Waals surface area contributed by atoms with E-state index in [0.29, 0.717) is 23.2 Å². The molecule has 3 aromatic rings. The first kappa shape index (κ1) is 21.4. The van der Waals surface area contributed by atoms with E-state index >= 15 is 0 Å². The lowest BCUT2D eigenvalue weighted by Gasteiger charge is -2.18. The summed E-state index contributed by atoms with van der Waals surface area (Å²) in [4.78, 5) is 4.78. The van der Waals surface area contributed by atoms with Crippen LogP contribution in [0.1, 0.15) is 19.4 Å². The lowest BCUT2D eigenvalue weighted by molar-refractivity contribution is 0.445. The van der Waals surface area contributed by atoms with Crippen LogP contribution in [0.3, 0.4) is 0 Å². The molecule has 0 saturated heterocycles. The molecule has 0 atom stereocenters. The van der Waals surface area contributed by atoms with E-state index in [0.717, 1.165) is 16.8 Å². The predicted molar refractivity (Wildman–Crippen MR) is 120 cm³/mol. The lowest BCUT2D eigenvalue weighted by Crippen LogP contribution is -2.30. The molecular weight excluding hydrogens is 428 g/mol. The molecule has 3 rings (SSSR count). The molecule has 0 aliphatic heterocycles. The Morgan fingerprint density at radius 1 is 1.17 bits per heavy atom. The summed E-state index contributed by atoms with van der Waals surface area (Å²) in [5.41, 5.74) is 5.37. The summed E-state index contributed by atoms with van der Waals surface area (Å²) in [6.45, 7) is 4.54. The van der Waals surface area contributed by atoms with E-state index in [1.54, 1.807) is 36.5 Å². The van der Waals surface area contributed by atoms with Crippen molar-refractivity contribution in [2.45, 2.75) is 18.7 Å². The largest absolute Gasteiger partial charge is 0.253 e. The fraction of sp³-hybridized carbons (Fsp3) is 0.200. The molecule has 0 aliphatic rings. The monoisotopic (exact) mass is 448 g/mol. The molecule has 1 aromatic heterocycles. The molecule has 0 spiro atoms. The molecule has 152 valence electrons. The van der Waals surface area contributed by atoms with Crippen LogP contribution >= 0.6 is 22.9 Å². The first-order chi connectivity index (χ1) is 13.9. The van der Waals surface area contributed by atoms with E-state index in [2.05, 4.69) is 15.5 Å². The highest BCUT2D eigenvalue weighted by atomic mass is 35.5. The molecule has 2 aromatic carbocycles. The molecule has 0 amide bonds. The van der Waals surface area contributed by atoms with Gasteiger partial charge in [-0.2, -0.15) is 9.41 Å². The Morgan fingerprint density at radius 2 is 1.90 bits per heavy atom. The molecule has 0 radical (unpaired) electrons. The number of rotatable bonds is 8. The van der Waals surface area contributed by atoms with Crippen LogP contribution in [0.5, 0.6) is 0 Å². The van der Waals surface area contributed by atoms with Crippen LogP contribution in [0.2, 0.25) is 5.02 Å². The van der Waals surface area contributed by atoms with Gasteiger partial charge >= 0.3 is 0 Å². The number of hydrogen-bond donors (Lipinski definition) is 1. The van der Waals surface area contributed by atoms with E-state index < -0.39 is 10.0 Å². The molecular formula is C20H21ClN4O2S2. The van der Waals surface area contributed by atoms with Gasteiger partial charge in [0.15, 0.2) is 0 Å². The number of sulfonamides is 1. The van der Waals surface area contributed by atoms with E-state index in [9.17, 15) is 8.42 Å². The smallest absolute Gasteiger partial charge is 0.243 e. The molecule has 0 aliphatic carbocycles. The van der Waals surface area contributed by atoms with E-state index in [-0.39, 0.29) is 4.90 Å². The second-order valence-corrected chi connectivity index (χ2v) is 9.31. The van der Waals surface area contributed by atoms with Crippen LogP contribution in [0.4, 0.5) is 5.13 Å². The van der Waals surface area contributed by atoms with Crippen molar-refractivity contribution in [3.05, 3.63) is 64.5 Å². The van der Waals surface area contributed by atoms with Crippen molar-refractivity contribution in [2.75, 3.05) is 18.5 Å². The predicted octanol–water partition coefficient (Wildman–Crippen LogP) is 4.94. The zero-order valence-corrected chi connectivity index (χ0v) is 18.4. The van der Waals surface area contributed by atoms with Gasteiger partial charge in [0.05, 0.1) is 16.8 Å². The normalized spacial score (nSPS) is 12.0. The first-order valence-electron chi connectivity index (χ1n) is 9.04. The molecule has 6 nitrogen and oxygen atoms in total. The molecule has 1 N–H and O–H groups in total. The number of aromatic nitrogens is 1. The van der Waals surface area contributed by atoms with Gasteiger partial charge in [0.2, 0.25) is 15.2 Å². The summed E-state index contributed by atoms with van der Waals surface area (Å²) in [6.07, 6.45) is 1.67. The van der Waals surface area contributed by atoms with Crippen molar-refractivity contribution in [3.8, 4) is 11.3 Å². The summed E-state index contributed by atoms with van der Waals surface area (Å²) >= 11 is 7.37. The topological polar surface area (TPSA) is 74.7 Å². The van der Waals surface area contributed by atoms with Gasteiger partial charge in [-0.1, -0.05) is 49.7 Å². The highest BCUT2D eigenvalue weighted by Crippen LogP contribution is 2.26. The van der Waals surface area contributed by atoms with Crippen molar-refractivity contribution in [1.29, 1.82) is 0 Å². The van der Waals surface area contributed by atoms with E-state index in [1.165, 1.54) is 15.6 Å². The Morgan fingerprint density at radius 3 is 2.55 bits per heavy atom. The highest BCUT2D eigenvalue weighted by molar-refractivity contribution is 7.89. The minimum Gasteiger partial charge on any atom is -0.253 e. The summed E-state index contributed by atoms with van der Waals surface area (Å²) in [6, 6.07) is 14.1.